The van der Waals surface area contributed by atoms with Gasteiger partial charge < -0.3 is 14.3 Å². The average molecular weight is 186 g/mol. The quantitative estimate of drug-likeness (QED) is 0.623. The normalized spacial score (nSPS) is 29.6. The number of ether oxygens (including phenoxy) is 2. The monoisotopic (exact) mass is 186 g/mol. The van der Waals surface area contributed by atoms with Crippen LogP contribution >= 0.6 is 0 Å². The van der Waals surface area contributed by atoms with Crippen molar-refractivity contribution < 1.29 is 14.3 Å². The molecule has 76 valence electrons. The van der Waals surface area contributed by atoms with Gasteiger partial charge in [-0.25, -0.2) is 0 Å². The zero-order valence-electron chi connectivity index (χ0n) is 8.25. The Morgan fingerprint density at radius 1 is 1.46 bits per heavy atom. The van der Waals surface area contributed by atoms with E-state index in [0.29, 0.717) is 19.8 Å². The van der Waals surface area contributed by atoms with E-state index >= 15 is 0 Å². The third-order valence-electron chi connectivity index (χ3n) is 2.55. The van der Waals surface area contributed by atoms with Crippen LogP contribution in [-0.4, -0.2) is 32.7 Å². The molecule has 1 atom stereocenters. The van der Waals surface area contributed by atoms with Crippen LogP contribution in [0.2, 0.25) is 0 Å². The second kappa shape index (κ2) is 5.35. The Labute approximate surface area is 79.4 Å². The van der Waals surface area contributed by atoms with Crippen molar-refractivity contribution in [1.82, 2.24) is 0 Å². The van der Waals surface area contributed by atoms with Crippen molar-refractivity contribution in [2.24, 2.45) is 5.41 Å². The molecule has 0 aromatic heterocycles. The molecule has 1 unspecified atom stereocenters. The highest BCUT2D eigenvalue weighted by Crippen LogP contribution is 2.28. The topological polar surface area (TPSA) is 35.5 Å². The highest BCUT2D eigenvalue weighted by Gasteiger charge is 2.30. The van der Waals surface area contributed by atoms with Gasteiger partial charge in [-0.15, -0.1) is 0 Å². The van der Waals surface area contributed by atoms with E-state index in [-0.39, 0.29) is 5.41 Å². The molecule has 0 bridgehead atoms. The van der Waals surface area contributed by atoms with Gasteiger partial charge in [0.15, 0.2) is 0 Å². The van der Waals surface area contributed by atoms with Gasteiger partial charge >= 0.3 is 0 Å². The van der Waals surface area contributed by atoms with Crippen molar-refractivity contribution in [2.45, 2.75) is 26.2 Å². The van der Waals surface area contributed by atoms with Crippen molar-refractivity contribution in [3.8, 4) is 0 Å². The molecular formula is C10H18O3. The maximum atomic E-state index is 11.0. The summed E-state index contributed by atoms with van der Waals surface area (Å²) in [5.74, 6) is 0. The molecule has 1 fully saturated rings. The molecule has 0 aliphatic carbocycles. The Kier molecular flexibility index (Phi) is 4.39. The lowest BCUT2D eigenvalue weighted by Crippen LogP contribution is -2.29. The molecule has 0 amide bonds. The summed E-state index contributed by atoms with van der Waals surface area (Å²) in [6.07, 6.45) is 3.72. The van der Waals surface area contributed by atoms with Gasteiger partial charge in [0.25, 0.3) is 0 Å². The third-order valence-corrected chi connectivity index (χ3v) is 2.55. The van der Waals surface area contributed by atoms with Crippen LogP contribution in [0.15, 0.2) is 0 Å². The lowest BCUT2D eigenvalue weighted by Gasteiger charge is -2.24. The predicted octanol–water partition coefficient (Wildman–Crippen LogP) is 1.41. The molecule has 0 aromatic carbocycles. The molecule has 0 spiro atoms. The van der Waals surface area contributed by atoms with Crippen LogP contribution in [0.25, 0.3) is 0 Å². The van der Waals surface area contributed by atoms with Crippen molar-refractivity contribution >= 4 is 6.29 Å². The second-order valence-electron chi connectivity index (χ2n) is 3.58. The van der Waals surface area contributed by atoms with Gasteiger partial charge in [0.1, 0.15) is 6.29 Å². The first-order valence-electron chi connectivity index (χ1n) is 4.95. The summed E-state index contributed by atoms with van der Waals surface area (Å²) >= 11 is 0. The zero-order valence-corrected chi connectivity index (χ0v) is 8.25. The minimum Gasteiger partial charge on any atom is -0.381 e. The van der Waals surface area contributed by atoms with E-state index in [1.54, 1.807) is 0 Å². The molecule has 3 heteroatoms. The predicted molar refractivity (Wildman–Crippen MR) is 49.7 cm³/mol. The maximum Gasteiger partial charge on any atom is 0.128 e. The smallest absolute Gasteiger partial charge is 0.128 e. The van der Waals surface area contributed by atoms with E-state index in [0.717, 1.165) is 32.2 Å². The first kappa shape index (κ1) is 10.7. The summed E-state index contributed by atoms with van der Waals surface area (Å²) in [7, 11) is 0. The molecule has 0 aromatic rings. The van der Waals surface area contributed by atoms with Crippen LogP contribution in [0.5, 0.6) is 0 Å². The van der Waals surface area contributed by atoms with Gasteiger partial charge in [0, 0.05) is 19.8 Å². The summed E-state index contributed by atoms with van der Waals surface area (Å²) in [5, 5.41) is 0. The molecule has 1 aliphatic rings. The molecule has 1 heterocycles. The number of carbonyl (C=O) groups excluding carboxylic acids is 1. The van der Waals surface area contributed by atoms with Crippen molar-refractivity contribution in [3.05, 3.63) is 0 Å². The Balaban J connectivity index is 2.48. The largest absolute Gasteiger partial charge is 0.381 e. The van der Waals surface area contributed by atoms with Gasteiger partial charge in [-0.3, -0.25) is 0 Å². The highest BCUT2D eigenvalue weighted by molar-refractivity contribution is 5.59. The van der Waals surface area contributed by atoms with E-state index in [4.69, 9.17) is 9.47 Å². The first-order valence-corrected chi connectivity index (χ1v) is 4.95. The van der Waals surface area contributed by atoms with E-state index in [9.17, 15) is 4.79 Å². The average Bonchev–Trinajstić information content (AvgIpc) is 2.41. The molecule has 13 heavy (non-hydrogen) atoms. The molecule has 1 saturated heterocycles. The van der Waals surface area contributed by atoms with Crippen molar-refractivity contribution in [1.29, 1.82) is 0 Å². The van der Waals surface area contributed by atoms with Gasteiger partial charge in [-0.1, -0.05) is 0 Å². The van der Waals surface area contributed by atoms with Gasteiger partial charge in [0.2, 0.25) is 0 Å². The SMILES string of the molecule is CCOCC1(C=O)CCCOCC1. The summed E-state index contributed by atoms with van der Waals surface area (Å²) in [6, 6.07) is 0. The maximum absolute atomic E-state index is 11.0. The molecule has 0 saturated carbocycles. The van der Waals surface area contributed by atoms with Crippen molar-refractivity contribution in [2.75, 3.05) is 26.4 Å². The highest BCUT2D eigenvalue weighted by atomic mass is 16.5. The van der Waals surface area contributed by atoms with Crippen LogP contribution in [0, 0.1) is 5.41 Å². The van der Waals surface area contributed by atoms with Gasteiger partial charge in [-0.2, -0.15) is 0 Å². The van der Waals surface area contributed by atoms with Gasteiger partial charge in [0.05, 0.1) is 12.0 Å². The van der Waals surface area contributed by atoms with Crippen LogP contribution in [-0.2, 0) is 14.3 Å². The fraction of sp³-hybridized carbons (Fsp3) is 0.900. The number of carbonyl (C=O) groups is 1. The Morgan fingerprint density at radius 3 is 3.00 bits per heavy atom. The summed E-state index contributed by atoms with van der Waals surface area (Å²) < 4.78 is 10.7. The Bertz CT molecular complexity index is 148. The Morgan fingerprint density at radius 2 is 2.31 bits per heavy atom. The van der Waals surface area contributed by atoms with Crippen LogP contribution < -0.4 is 0 Å². The molecule has 0 N–H and O–H groups in total. The first-order chi connectivity index (χ1) is 6.33. The number of hydrogen-bond donors (Lipinski definition) is 0. The minimum atomic E-state index is -0.271. The van der Waals surface area contributed by atoms with E-state index in [1.165, 1.54) is 0 Å². The van der Waals surface area contributed by atoms with E-state index in [2.05, 4.69) is 0 Å². The van der Waals surface area contributed by atoms with Crippen LogP contribution in [0.1, 0.15) is 26.2 Å². The third kappa shape index (κ3) is 3.08. The number of hydrogen-bond acceptors (Lipinski definition) is 3. The fourth-order valence-corrected chi connectivity index (χ4v) is 1.63. The van der Waals surface area contributed by atoms with E-state index < -0.39 is 0 Å². The molecule has 1 rings (SSSR count). The number of rotatable bonds is 4. The second-order valence-corrected chi connectivity index (χ2v) is 3.58. The fourth-order valence-electron chi connectivity index (χ4n) is 1.63. The van der Waals surface area contributed by atoms with Crippen molar-refractivity contribution in [3.63, 3.8) is 0 Å². The number of aldehydes is 1. The molecular weight excluding hydrogens is 168 g/mol. The van der Waals surface area contributed by atoms with Crippen LogP contribution in [0.3, 0.4) is 0 Å². The van der Waals surface area contributed by atoms with Crippen LogP contribution in [0.4, 0.5) is 0 Å². The molecule has 1 aliphatic heterocycles. The van der Waals surface area contributed by atoms with Gasteiger partial charge in [-0.05, 0) is 26.2 Å². The summed E-state index contributed by atoms with van der Waals surface area (Å²) in [5.41, 5.74) is -0.271. The lowest BCUT2D eigenvalue weighted by atomic mass is 9.83. The van der Waals surface area contributed by atoms with E-state index in [1.807, 2.05) is 6.92 Å². The lowest BCUT2D eigenvalue weighted by molar-refractivity contribution is -0.120. The summed E-state index contributed by atoms with van der Waals surface area (Å²) in [6.45, 7) is 4.64. The Hall–Kier alpha value is -0.410. The summed E-state index contributed by atoms with van der Waals surface area (Å²) in [4.78, 5) is 11.0. The zero-order chi connectivity index (χ0) is 9.57. The standard InChI is InChI=1S/C10H18O3/c1-2-12-9-10(8-11)4-3-6-13-7-5-10/h8H,2-7,9H2,1H3. The molecule has 0 radical (unpaired) electrons. The molecule has 3 nitrogen and oxygen atoms in total. The minimum absolute atomic E-state index is 0.271.